The molecule has 16 heavy (non-hydrogen) atoms. The molecule has 0 bridgehead atoms. The summed E-state index contributed by atoms with van der Waals surface area (Å²) in [5.41, 5.74) is 0. The van der Waals surface area contributed by atoms with Gasteiger partial charge in [-0.15, -0.1) is 0 Å². The molecule has 0 saturated heterocycles. The van der Waals surface area contributed by atoms with Crippen molar-refractivity contribution < 1.29 is 0 Å². The van der Waals surface area contributed by atoms with Crippen LogP contribution in [-0.2, 0) is 0 Å². The third-order valence-electron chi connectivity index (χ3n) is 3.72. The number of nitrogens with one attached hydrogen (secondary N) is 2. The highest BCUT2D eigenvalue weighted by atomic mass is 15.0. The predicted octanol–water partition coefficient (Wildman–Crippen LogP) is 3.08. The Hall–Kier alpha value is -0.0800. The molecule has 1 aliphatic rings. The van der Waals surface area contributed by atoms with Gasteiger partial charge in [0, 0.05) is 18.1 Å². The summed E-state index contributed by atoms with van der Waals surface area (Å²) in [6, 6.07) is 2.10. The Morgan fingerprint density at radius 1 is 1.12 bits per heavy atom. The van der Waals surface area contributed by atoms with Crippen molar-refractivity contribution in [3.63, 3.8) is 0 Å². The van der Waals surface area contributed by atoms with Crippen molar-refractivity contribution in [1.29, 1.82) is 0 Å². The molecule has 1 rings (SSSR count). The van der Waals surface area contributed by atoms with Crippen molar-refractivity contribution in [3.8, 4) is 0 Å². The van der Waals surface area contributed by atoms with Gasteiger partial charge in [0.15, 0.2) is 0 Å². The van der Waals surface area contributed by atoms with Crippen molar-refractivity contribution >= 4 is 0 Å². The third-order valence-corrected chi connectivity index (χ3v) is 3.72. The van der Waals surface area contributed by atoms with Crippen LogP contribution >= 0.6 is 0 Å². The van der Waals surface area contributed by atoms with E-state index in [0.29, 0.717) is 18.1 Å². The first-order chi connectivity index (χ1) is 7.77. The van der Waals surface area contributed by atoms with Gasteiger partial charge in [-0.3, -0.25) is 0 Å². The summed E-state index contributed by atoms with van der Waals surface area (Å²) in [5, 5.41) is 7.46. The van der Waals surface area contributed by atoms with E-state index in [1.165, 1.54) is 44.9 Å². The second-order valence-electron chi connectivity index (χ2n) is 5.27. The summed E-state index contributed by atoms with van der Waals surface area (Å²) in [5.74, 6) is 0. The minimum Gasteiger partial charge on any atom is -0.313 e. The molecule has 0 spiro atoms. The molecular formula is C14H30N2. The van der Waals surface area contributed by atoms with Crippen LogP contribution in [0, 0.1) is 0 Å². The Kier molecular flexibility index (Phi) is 7.06. The zero-order chi connectivity index (χ0) is 11.8. The molecule has 0 radical (unpaired) electrons. The highest BCUT2D eigenvalue weighted by Gasteiger charge is 2.24. The number of unbranched alkanes of at least 4 members (excludes halogenated alkanes) is 1. The minimum atomic E-state index is 0.684. The normalized spacial score (nSPS) is 27.9. The Bertz CT molecular complexity index is 168. The van der Waals surface area contributed by atoms with Crippen LogP contribution < -0.4 is 10.6 Å². The fourth-order valence-corrected chi connectivity index (χ4v) is 2.80. The molecule has 1 saturated carbocycles. The molecule has 0 aliphatic heterocycles. The van der Waals surface area contributed by atoms with E-state index in [1.807, 2.05) is 0 Å². The molecule has 3 atom stereocenters. The predicted molar refractivity (Wildman–Crippen MR) is 71.8 cm³/mol. The van der Waals surface area contributed by atoms with Crippen LogP contribution in [0.1, 0.15) is 65.7 Å². The lowest BCUT2D eigenvalue weighted by atomic mass is 9.89. The van der Waals surface area contributed by atoms with Gasteiger partial charge in [0.05, 0.1) is 0 Å². The van der Waals surface area contributed by atoms with E-state index >= 15 is 0 Å². The standard InChI is InChI=1S/C14H30N2/c1-4-6-9-12(3)16-14-11-8-7-10-13(14)15-5-2/h12-16H,4-11H2,1-3H3. The molecule has 0 aromatic carbocycles. The average Bonchev–Trinajstić information content (AvgIpc) is 2.29. The van der Waals surface area contributed by atoms with Crippen LogP contribution in [0.4, 0.5) is 0 Å². The smallest absolute Gasteiger partial charge is 0.0223 e. The van der Waals surface area contributed by atoms with Crippen LogP contribution in [0.2, 0.25) is 0 Å². The first kappa shape index (κ1) is 14.0. The maximum atomic E-state index is 3.83. The highest BCUT2D eigenvalue weighted by molar-refractivity contribution is 4.87. The van der Waals surface area contributed by atoms with Gasteiger partial charge < -0.3 is 10.6 Å². The van der Waals surface area contributed by atoms with Crippen LogP contribution in [0.5, 0.6) is 0 Å². The lowest BCUT2D eigenvalue weighted by Crippen LogP contribution is -2.52. The molecule has 3 unspecified atom stereocenters. The molecule has 2 heteroatoms. The number of likely N-dealkylation sites (N-methyl/N-ethyl adjacent to an activating group) is 1. The van der Waals surface area contributed by atoms with Crippen molar-refractivity contribution in [1.82, 2.24) is 10.6 Å². The van der Waals surface area contributed by atoms with Gasteiger partial charge in [0.1, 0.15) is 0 Å². The Morgan fingerprint density at radius 2 is 1.81 bits per heavy atom. The van der Waals surface area contributed by atoms with Crippen LogP contribution in [0.15, 0.2) is 0 Å². The first-order valence-electron chi connectivity index (χ1n) is 7.27. The summed E-state index contributed by atoms with van der Waals surface area (Å²) in [4.78, 5) is 0. The van der Waals surface area contributed by atoms with Crippen LogP contribution in [0.3, 0.4) is 0 Å². The summed E-state index contributed by atoms with van der Waals surface area (Å²) in [7, 11) is 0. The van der Waals surface area contributed by atoms with Gasteiger partial charge in [-0.05, 0) is 32.7 Å². The van der Waals surface area contributed by atoms with Crippen molar-refractivity contribution in [2.75, 3.05) is 6.54 Å². The van der Waals surface area contributed by atoms with E-state index in [2.05, 4.69) is 31.4 Å². The molecule has 2 N–H and O–H groups in total. The van der Waals surface area contributed by atoms with E-state index in [0.717, 1.165) is 6.54 Å². The minimum absolute atomic E-state index is 0.684. The van der Waals surface area contributed by atoms with Gasteiger partial charge >= 0.3 is 0 Å². The van der Waals surface area contributed by atoms with E-state index in [4.69, 9.17) is 0 Å². The summed E-state index contributed by atoms with van der Waals surface area (Å²) >= 11 is 0. The molecular weight excluding hydrogens is 196 g/mol. The number of rotatable bonds is 7. The quantitative estimate of drug-likeness (QED) is 0.697. The molecule has 0 aromatic heterocycles. The molecule has 1 fully saturated rings. The zero-order valence-corrected chi connectivity index (χ0v) is 11.4. The van der Waals surface area contributed by atoms with Crippen molar-refractivity contribution in [3.05, 3.63) is 0 Å². The van der Waals surface area contributed by atoms with Gasteiger partial charge in [0.2, 0.25) is 0 Å². The third kappa shape index (κ3) is 4.84. The monoisotopic (exact) mass is 226 g/mol. The topological polar surface area (TPSA) is 24.1 Å². The molecule has 2 nitrogen and oxygen atoms in total. The summed E-state index contributed by atoms with van der Waals surface area (Å²) in [6.07, 6.45) is 9.51. The van der Waals surface area contributed by atoms with Crippen molar-refractivity contribution in [2.45, 2.75) is 83.8 Å². The first-order valence-corrected chi connectivity index (χ1v) is 7.27. The molecule has 0 aromatic rings. The van der Waals surface area contributed by atoms with Crippen LogP contribution in [0.25, 0.3) is 0 Å². The molecule has 1 aliphatic carbocycles. The van der Waals surface area contributed by atoms with Gasteiger partial charge in [0.25, 0.3) is 0 Å². The Morgan fingerprint density at radius 3 is 2.44 bits per heavy atom. The second kappa shape index (κ2) is 8.08. The van der Waals surface area contributed by atoms with E-state index in [1.54, 1.807) is 0 Å². The fourth-order valence-electron chi connectivity index (χ4n) is 2.80. The molecule has 96 valence electrons. The number of hydrogen-bond acceptors (Lipinski definition) is 2. The van der Waals surface area contributed by atoms with Gasteiger partial charge in [-0.25, -0.2) is 0 Å². The molecule has 0 heterocycles. The maximum Gasteiger partial charge on any atom is 0.0223 e. The zero-order valence-electron chi connectivity index (χ0n) is 11.4. The van der Waals surface area contributed by atoms with Crippen molar-refractivity contribution in [2.24, 2.45) is 0 Å². The lowest BCUT2D eigenvalue weighted by molar-refractivity contribution is 0.265. The van der Waals surface area contributed by atoms with E-state index in [-0.39, 0.29) is 0 Å². The number of hydrogen-bond donors (Lipinski definition) is 2. The largest absolute Gasteiger partial charge is 0.313 e. The average molecular weight is 226 g/mol. The summed E-state index contributed by atoms with van der Waals surface area (Å²) in [6.45, 7) is 7.93. The second-order valence-corrected chi connectivity index (χ2v) is 5.27. The Balaban J connectivity index is 2.30. The fraction of sp³-hybridized carbons (Fsp3) is 1.00. The van der Waals surface area contributed by atoms with E-state index in [9.17, 15) is 0 Å². The Labute approximate surface area is 102 Å². The molecule has 0 amide bonds. The van der Waals surface area contributed by atoms with Gasteiger partial charge in [-0.2, -0.15) is 0 Å². The summed E-state index contributed by atoms with van der Waals surface area (Å²) < 4.78 is 0. The van der Waals surface area contributed by atoms with Gasteiger partial charge in [-0.1, -0.05) is 39.5 Å². The highest BCUT2D eigenvalue weighted by Crippen LogP contribution is 2.19. The van der Waals surface area contributed by atoms with E-state index < -0.39 is 0 Å². The lowest BCUT2D eigenvalue weighted by Gasteiger charge is -2.35. The SMILES string of the molecule is CCCCC(C)NC1CCCCC1NCC. The van der Waals surface area contributed by atoms with Crippen LogP contribution in [-0.4, -0.2) is 24.7 Å². The maximum absolute atomic E-state index is 3.83.